The van der Waals surface area contributed by atoms with Crippen LogP contribution in [-0.2, 0) is 30.4 Å². The van der Waals surface area contributed by atoms with Gasteiger partial charge in [-0.05, 0) is 36.5 Å². The molecule has 0 saturated heterocycles. The molecule has 0 bridgehead atoms. The highest BCUT2D eigenvalue weighted by atomic mass is 16.4. The molecule has 1 aromatic rings. The van der Waals surface area contributed by atoms with Crippen LogP contribution in [0.15, 0.2) is 24.3 Å². The molecule has 3 atom stereocenters. The van der Waals surface area contributed by atoms with Crippen molar-refractivity contribution in [3.8, 4) is 5.75 Å². The van der Waals surface area contributed by atoms with Crippen molar-refractivity contribution in [2.24, 2.45) is 11.7 Å². The number of hydrogen-bond acceptors (Lipinski definition) is 7. The lowest BCUT2D eigenvalue weighted by Crippen LogP contribution is -2.57. The molecule has 0 spiro atoms. The fourth-order valence-electron chi connectivity index (χ4n) is 3.10. The quantitative estimate of drug-likeness (QED) is 0.180. The van der Waals surface area contributed by atoms with Gasteiger partial charge in [0.15, 0.2) is 0 Å². The van der Waals surface area contributed by atoms with Crippen molar-refractivity contribution in [1.29, 1.82) is 0 Å². The lowest BCUT2D eigenvalue weighted by atomic mass is 10.0. The number of aliphatic carboxylic acids is 2. The number of aromatic hydroxyl groups is 1. The van der Waals surface area contributed by atoms with E-state index in [0.29, 0.717) is 5.56 Å². The Hall–Kier alpha value is -3.67. The number of carboxylic acids is 2. The zero-order valence-corrected chi connectivity index (χ0v) is 19.1. The van der Waals surface area contributed by atoms with E-state index in [-0.39, 0.29) is 37.5 Å². The van der Waals surface area contributed by atoms with Crippen LogP contribution in [0.2, 0.25) is 0 Å². The number of benzene rings is 1. The first-order chi connectivity index (χ1) is 15.9. The van der Waals surface area contributed by atoms with E-state index in [1.165, 1.54) is 24.3 Å². The SMILES string of the molecule is CC(C)CC(NC(=O)CN)C(=O)NC(Cc1ccc(O)cc1)C(=O)NC(CCC(=O)O)C(=O)O. The van der Waals surface area contributed by atoms with E-state index in [4.69, 9.17) is 10.8 Å². The largest absolute Gasteiger partial charge is 0.508 e. The van der Waals surface area contributed by atoms with Crippen LogP contribution >= 0.6 is 0 Å². The average Bonchev–Trinajstić information content (AvgIpc) is 2.76. The van der Waals surface area contributed by atoms with Gasteiger partial charge in [0.1, 0.15) is 23.9 Å². The van der Waals surface area contributed by atoms with Crippen LogP contribution in [0.1, 0.15) is 38.7 Å². The molecule has 0 saturated carbocycles. The summed E-state index contributed by atoms with van der Waals surface area (Å²) < 4.78 is 0. The zero-order valence-electron chi connectivity index (χ0n) is 19.1. The first-order valence-electron chi connectivity index (χ1n) is 10.8. The highest BCUT2D eigenvalue weighted by Gasteiger charge is 2.30. The number of nitrogens with two attached hydrogens (primary N) is 1. The van der Waals surface area contributed by atoms with E-state index in [1.54, 1.807) is 0 Å². The van der Waals surface area contributed by atoms with Gasteiger partial charge in [0.05, 0.1) is 6.54 Å². The second-order valence-corrected chi connectivity index (χ2v) is 8.22. The molecular weight excluding hydrogens is 448 g/mol. The first-order valence-corrected chi connectivity index (χ1v) is 10.8. The van der Waals surface area contributed by atoms with Gasteiger partial charge < -0.3 is 37.0 Å². The highest BCUT2D eigenvalue weighted by Crippen LogP contribution is 2.13. The minimum atomic E-state index is -1.48. The van der Waals surface area contributed by atoms with Gasteiger partial charge in [-0.15, -0.1) is 0 Å². The second-order valence-electron chi connectivity index (χ2n) is 8.22. The molecule has 3 unspecified atom stereocenters. The molecule has 0 radical (unpaired) electrons. The summed E-state index contributed by atoms with van der Waals surface area (Å²) in [5.74, 6) is -4.68. The van der Waals surface area contributed by atoms with Crippen molar-refractivity contribution in [2.45, 2.75) is 57.7 Å². The number of amides is 3. The first kappa shape index (κ1) is 28.4. The average molecular weight is 481 g/mol. The maximum atomic E-state index is 12.9. The number of carbonyl (C=O) groups excluding carboxylic acids is 3. The van der Waals surface area contributed by atoms with Crippen LogP contribution in [0.3, 0.4) is 0 Å². The number of carbonyl (C=O) groups is 5. The molecule has 1 aromatic carbocycles. The Morgan fingerprint density at radius 3 is 1.94 bits per heavy atom. The van der Waals surface area contributed by atoms with Crippen molar-refractivity contribution in [2.75, 3.05) is 6.54 Å². The molecule has 0 aromatic heterocycles. The normalized spacial score (nSPS) is 13.4. The zero-order chi connectivity index (χ0) is 25.8. The Bertz CT molecular complexity index is 872. The van der Waals surface area contributed by atoms with Crippen LogP contribution in [0.4, 0.5) is 0 Å². The fourth-order valence-corrected chi connectivity index (χ4v) is 3.10. The van der Waals surface area contributed by atoms with E-state index in [1.807, 2.05) is 13.8 Å². The Labute approximate surface area is 196 Å². The lowest BCUT2D eigenvalue weighted by Gasteiger charge is -2.25. The maximum Gasteiger partial charge on any atom is 0.326 e. The molecule has 0 aliphatic carbocycles. The van der Waals surface area contributed by atoms with Crippen LogP contribution in [0.5, 0.6) is 5.75 Å². The van der Waals surface area contributed by atoms with Crippen LogP contribution in [0.25, 0.3) is 0 Å². The van der Waals surface area contributed by atoms with Crippen molar-refractivity contribution in [3.05, 3.63) is 29.8 Å². The van der Waals surface area contributed by atoms with E-state index in [2.05, 4.69) is 16.0 Å². The second kappa shape index (κ2) is 13.8. The maximum absolute atomic E-state index is 12.9. The molecule has 0 aliphatic heterocycles. The monoisotopic (exact) mass is 480 g/mol. The van der Waals surface area contributed by atoms with Gasteiger partial charge in [-0.3, -0.25) is 19.2 Å². The Kier molecular flexibility index (Phi) is 11.5. The van der Waals surface area contributed by atoms with Crippen LogP contribution < -0.4 is 21.7 Å². The molecule has 188 valence electrons. The van der Waals surface area contributed by atoms with Gasteiger partial charge >= 0.3 is 11.9 Å². The molecule has 0 aliphatic rings. The molecule has 0 fully saturated rings. The minimum absolute atomic E-state index is 0.00473. The van der Waals surface area contributed by atoms with Gasteiger partial charge in [-0.1, -0.05) is 26.0 Å². The van der Waals surface area contributed by atoms with Crippen molar-refractivity contribution in [1.82, 2.24) is 16.0 Å². The third-order valence-electron chi connectivity index (χ3n) is 4.81. The molecule has 1 rings (SSSR count). The highest BCUT2D eigenvalue weighted by molar-refractivity contribution is 5.93. The summed E-state index contributed by atoms with van der Waals surface area (Å²) >= 11 is 0. The number of rotatable bonds is 14. The minimum Gasteiger partial charge on any atom is -0.508 e. The summed E-state index contributed by atoms with van der Waals surface area (Å²) in [7, 11) is 0. The van der Waals surface area contributed by atoms with Crippen LogP contribution in [0, 0.1) is 5.92 Å². The van der Waals surface area contributed by atoms with Crippen molar-refractivity contribution in [3.63, 3.8) is 0 Å². The Balaban J connectivity index is 3.11. The fraction of sp³-hybridized carbons (Fsp3) is 0.500. The summed E-state index contributed by atoms with van der Waals surface area (Å²) in [5.41, 5.74) is 5.88. The third kappa shape index (κ3) is 10.3. The number of nitrogens with one attached hydrogen (secondary N) is 3. The molecule has 12 heteroatoms. The standard InChI is InChI=1S/C22H32N4O8/c1-12(2)9-16(24-18(28)11-23)20(31)26-17(10-13-3-5-14(27)6-4-13)21(32)25-15(22(33)34)7-8-19(29)30/h3-6,12,15-17,27H,7-11,23H2,1-2H3,(H,24,28)(H,25,32)(H,26,31)(H,29,30)(H,33,34). The number of phenols is 1. The number of carboxylic acid groups (broad SMARTS) is 2. The van der Waals surface area contributed by atoms with Gasteiger partial charge in [-0.25, -0.2) is 4.79 Å². The molecule has 12 nitrogen and oxygen atoms in total. The van der Waals surface area contributed by atoms with E-state index in [0.717, 1.165) is 0 Å². The predicted octanol–water partition coefficient (Wildman–Crippen LogP) is -0.657. The van der Waals surface area contributed by atoms with Gasteiger partial charge in [0.2, 0.25) is 17.7 Å². The number of phenolic OH excluding ortho intramolecular Hbond substituents is 1. The molecule has 34 heavy (non-hydrogen) atoms. The smallest absolute Gasteiger partial charge is 0.326 e. The lowest BCUT2D eigenvalue weighted by molar-refractivity contribution is -0.143. The van der Waals surface area contributed by atoms with Crippen LogP contribution in [-0.4, -0.2) is 69.7 Å². The van der Waals surface area contributed by atoms with Gasteiger partial charge in [0.25, 0.3) is 0 Å². The molecule has 3 amide bonds. The summed E-state index contributed by atoms with van der Waals surface area (Å²) in [6.07, 6.45) is -0.615. The Morgan fingerprint density at radius 1 is 0.882 bits per heavy atom. The van der Waals surface area contributed by atoms with E-state index < -0.39 is 54.2 Å². The summed E-state index contributed by atoms with van der Waals surface area (Å²) in [5, 5.41) is 35.0. The van der Waals surface area contributed by atoms with E-state index in [9.17, 15) is 34.2 Å². The summed E-state index contributed by atoms with van der Waals surface area (Å²) in [6.45, 7) is 3.36. The third-order valence-corrected chi connectivity index (χ3v) is 4.81. The summed E-state index contributed by atoms with van der Waals surface area (Å²) in [4.78, 5) is 59.9. The van der Waals surface area contributed by atoms with Crippen molar-refractivity contribution < 1.29 is 39.3 Å². The predicted molar refractivity (Wildman–Crippen MR) is 121 cm³/mol. The number of hydrogen-bond donors (Lipinski definition) is 7. The molecule has 8 N–H and O–H groups in total. The summed E-state index contributed by atoms with van der Waals surface area (Å²) in [6, 6.07) is 2.14. The van der Waals surface area contributed by atoms with E-state index >= 15 is 0 Å². The van der Waals surface area contributed by atoms with Gasteiger partial charge in [-0.2, -0.15) is 0 Å². The van der Waals surface area contributed by atoms with Gasteiger partial charge in [0, 0.05) is 12.8 Å². The Morgan fingerprint density at radius 2 is 1.44 bits per heavy atom. The topological polar surface area (TPSA) is 208 Å². The molecule has 0 heterocycles. The molecular formula is C22H32N4O8. The van der Waals surface area contributed by atoms with Crippen molar-refractivity contribution >= 4 is 29.7 Å².